The summed E-state index contributed by atoms with van der Waals surface area (Å²) in [5, 5.41) is 0. The molecule has 0 aromatic heterocycles. The smallest absolute Gasteiger partial charge is 0.398 e. The van der Waals surface area contributed by atoms with Gasteiger partial charge in [-0.2, -0.15) is 25.3 Å². The first-order valence-corrected chi connectivity index (χ1v) is 11.6. The van der Waals surface area contributed by atoms with Crippen LogP contribution in [-0.4, -0.2) is 64.4 Å². The van der Waals surface area contributed by atoms with Crippen LogP contribution in [0, 0.1) is 0 Å². The molecular weight excluding hydrogens is 320 g/mol. The minimum atomic E-state index is -2.29. The van der Waals surface area contributed by atoms with Gasteiger partial charge in [0.2, 0.25) is 0 Å². The van der Waals surface area contributed by atoms with Gasteiger partial charge in [-0.05, 0) is 24.1 Å². The minimum absolute atomic E-state index is 0.724. The first kappa shape index (κ1) is 22.2. The lowest BCUT2D eigenvalue weighted by Gasteiger charge is -2.23. The molecule has 0 rings (SSSR count). The molecule has 0 aliphatic rings. The molecule has 0 aromatic carbocycles. The van der Waals surface area contributed by atoms with Crippen LogP contribution in [0.25, 0.3) is 0 Å². The van der Waals surface area contributed by atoms with Crippen LogP contribution in [-0.2, 0) is 22.1 Å². The molecule has 0 heterocycles. The lowest BCUT2D eigenvalue weighted by molar-refractivity contribution is 0.125. The molecule has 0 N–H and O–H groups in total. The van der Waals surface area contributed by atoms with E-state index in [0.717, 1.165) is 23.6 Å². The Morgan fingerprint density at radius 1 is 0.684 bits per heavy atom. The quantitative estimate of drug-likeness (QED) is 0.493. The van der Waals surface area contributed by atoms with E-state index in [1.165, 1.54) is 0 Å². The van der Waals surface area contributed by atoms with Gasteiger partial charge in [0.15, 0.2) is 0 Å². The van der Waals surface area contributed by atoms with Gasteiger partial charge < -0.3 is 22.1 Å². The van der Waals surface area contributed by atoms with Crippen molar-refractivity contribution in [3.8, 4) is 0 Å². The molecule has 0 aromatic rings. The van der Waals surface area contributed by atoms with E-state index < -0.39 is 17.4 Å². The van der Waals surface area contributed by atoms with Crippen molar-refractivity contribution in [2.24, 2.45) is 0 Å². The lowest BCUT2D eigenvalue weighted by atomic mass is 11.0. The third-order valence-corrected chi connectivity index (χ3v) is 9.68. The van der Waals surface area contributed by atoms with Crippen LogP contribution in [0.4, 0.5) is 0 Å². The highest BCUT2D eigenvalue weighted by Gasteiger charge is 2.36. The molecule has 0 spiro atoms. The topological polar surface area (TPSA) is 46.2 Å². The molecule has 5 nitrogen and oxygen atoms in total. The van der Waals surface area contributed by atoms with E-state index in [0.29, 0.717) is 0 Å². The number of thiol groups is 2. The molecule has 0 fully saturated rings. The van der Waals surface area contributed by atoms with E-state index in [4.69, 9.17) is 22.1 Å². The van der Waals surface area contributed by atoms with Gasteiger partial charge in [-0.3, -0.25) is 0 Å². The highest BCUT2D eigenvalue weighted by molar-refractivity contribution is 7.80. The molecule has 0 unspecified atom stereocenters. The molecule has 19 heavy (non-hydrogen) atoms. The molecule has 0 radical (unpaired) electrons. The molecule has 0 aliphatic carbocycles. The normalized spacial score (nSPS) is 12.0. The van der Waals surface area contributed by atoms with Gasteiger partial charge in [-0.1, -0.05) is 0 Å². The zero-order valence-electron chi connectivity index (χ0n) is 12.8. The standard InChI is InChI=1S/C5H14O3SSi.C5H14O2SSi/c1-6-10(7-2,8-3)5-4-9;1-6-9(3,7-2)5-4-8/h9H,4-5H2,1-3H3;8H,4-5H2,1-3H3. The fraction of sp³-hybridized carbons (Fsp3) is 1.00. The third kappa shape index (κ3) is 9.48. The second kappa shape index (κ2) is 12.7. The summed E-state index contributed by atoms with van der Waals surface area (Å²) in [6.07, 6.45) is 0. The van der Waals surface area contributed by atoms with E-state index >= 15 is 0 Å². The summed E-state index contributed by atoms with van der Waals surface area (Å²) in [5.41, 5.74) is 0. The molecule has 0 aliphatic heterocycles. The van der Waals surface area contributed by atoms with Crippen LogP contribution in [0.2, 0.25) is 18.6 Å². The summed E-state index contributed by atoms with van der Waals surface area (Å²) in [6.45, 7) is 2.03. The molecule has 0 amide bonds. The van der Waals surface area contributed by atoms with Gasteiger partial charge >= 0.3 is 17.4 Å². The lowest BCUT2D eigenvalue weighted by Crippen LogP contribution is -2.42. The Morgan fingerprint density at radius 3 is 1.16 bits per heavy atom. The molecular formula is C10H28O5S2Si2. The zero-order chi connectivity index (χ0) is 15.4. The maximum Gasteiger partial charge on any atom is 0.500 e. The van der Waals surface area contributed by atoms with Crippen molar-refractivity contribution >= 4 is 42.6 Å². The Balaban J connectivity index is 0. The summed E-state index contributed by atoms with van der Waals surface area (Å²) >= 11 is 8.17. The zero-order valence-corrected chi connectivity index (χ0v) is 16.6. The van der Waals surface area contributed by atoms with Crippen molar-refractivity contribution < 1.29 is 22.1 Å². The van der Waals surface area contributed by atoms with Crippen molar-refractivity contribution in [1.29, 1.82) is 0 Å². The summed E-state index contributed by atoms with van der Waals surface area (Å²) in [5.74, 6) is 1.56. The Kier molecular flexibility index (Phi) is 14.8. The average Bonchev–Trinajstić information content (AvgIpc) is 2.46. The van der Waals surface area contributed by atoms with Gasteiger partial charge in [0.05, 0.1) is 0 Å². The fourth-order valence-electron chi connectivity index (χ4n) is 1.18. The summed E-state index contributed by atoms with van der Waals surface area (Å²) in [7, 11) is 4.12. The molecule has 118 valence electrons. The average molecular weight is 349 g/mol. The van der Waals surface area contributed by atoms with Crippen molar-refractivity contribution in [2.45, 2.75) is 18.6 Å². The molecule has 9 heteroatoms. The van der Waals surface area contributed by atoms with Crippen molar-refractivity contribution in [2.75, 3.05) is 47.1 Å². The van der Waals surface area contributed by atoms with Gasteiger partial charge in [0.1, 0.15) is 0 Å². The maximum atomic E-state index is 5.20. The first-order valence-electron chi connectivity index (χ1n) is 5.90. The summed E-state index contributed by atoms with van der Waals surface area (Å²) in [6, 6.07) is 1.70. The van der Waals surface area contributed by atoms with E-state index in [1.807, 2.05) is 6.55 Å². The van der Waals surface area contributed by atoms with Crippen molar-refractivity contribution in [3.63, 3.8) is 0 Å². The van der Waals surface area contributed by atoms with Crippen LogP contribution >= 0.6 is 25.3 Å². The monoisotopic (exact) mass is 348 g/mol. The third-order valence-electron chi connectivity index (χ3n) is 2.78. The predicted molar refractivity (Wildman–Crippen MR) is 89.7 cm³/mol. The van der Waals surface area contributed by atoms with Crippen LogP contribution in [0.1, 0.15) is 0 Å². The fourth-order valence-corrected chi connectivity index (χ4v) is 5.59. The SMILES string of the molecule is CO[Si](C)(CCS)OC.CO[Si](CCS)(OC)OC. The van der Waals surface area contributed by atoms with E-state index in [1.54, 1.807) is 35.5 Å². The van der Waals surface area contributed by atoms with E-state index in [9.17, 15) is 0 Å². The van der Waals surface area contributed by atoms with Gasteiger partial charge in [0.25, 0.3) is 0 Å². The van der Waals surface area contributed by atoms with Crippen LogP contribution < -0.4 is 0 Å². The molecule has 0 saturated carbocycles. The molecule has 0 atom stereocenters. The molecule has 0 bridgehead atoms. The number of hydrogen-bond acceptors (Lipinski definition) is 7. The van der Waals surface area contributed by atoms with E-state index in [2.05, 4.69) is 25.3 Å². The first-order chi connectivity index (χ1) is 8.92. The number of rotatable bonds is 9. The minimum Gasteiger partial charge on any atom is -0.398 e. The summed E-state index contributed by atoms with van der Waals surface area (Å²) in [4.78, 5) is 0. The number of hydrogen-bond donors (Lipinski definition) is 2. The van der Waals surface area contributed by atoms with Gasteiger partial charge in [0, 0.05) is 41.6 Å². The Labute approximate surface area is 130 Å². The Hall–Kier alpha value is 0.934. The van der Waals surface area contributed by atoms with Crippen molar-refractivity contribution in [3.05, 3.63) is 0 Å². The summed E-state index contributed by atoms with van der Waals surface area (Å²) < 4.78 is 25.8. The predicted octanol–water partition coefficient (Wildman–Crippen LogP) is 2.08. The van der Waals surface area contributed by atoms with Crippen molar-refractivity contribution in [1.82, 2.24) is 0 Å². The molecule has 0 saturated heterocycles. The second-order valence-corrected chi connectivity index (χ2v) is 11.4. The maximum absolute atomic E-state index is 5.20. The highest BCUT2D eigenvalue weighted by atomic mass is 32.1. The van der Waals surface area contributed by atoms with Crippen LogP contribution in [0.3, 0.4) is 0 Å². The second-order valence-electron chi connectivity index (χ2n) is 3.78. The largest absolute Gasteiger partial charge is 0.500 e. The van der Waals surface area contributed by atoms with Gasteiger partial charge in [-0.15, -0.1) is 0 Å². The van der Waals surface area contributed by atoms with Crippen LogP contribution in [0.5, 0.6) is 0 Å². The Bertz CT molecular complexity index is 196. The Morgan fingerprint density at radius 2 is 1.05 bits per heavy atom. The van der Waals surface area contributed by atoms with E-state index in [-0.39, 0.29) is 0 Å². The van der Waals surface area contributed by atoms with Crippen LogP contribution in [0.15, 0.2) is 0 Å². The highest BCUT2D eigenvalue weighted by Crippen LogP contribution is 2.12. The van der Waals surface area contributed by atoms with Gasteiger partial charge in [-0.25, -0.2) is 0 Å².